The average molecular weight is 256 g/mol. The van der Waals surface area contributed by atoms with E-state index in [0.717, 1.165) is 19.6 Å². The van der Waals surface area contributed by atoms with E-state index in [-0.39, 0.29) is 0 Å². The second-order valence-corrected chi connectivity index (χ2v) is 5.33. The number of unbranched alkanes of at least 4 members (excludes halogenated alkanes) is 8. The van der Waals surface area contributed by atoms with E-state index in [1.54, 1.807) is 0 Å². The summed E-state index contributed by atoms with van der Waals surface area (Å²) in [4.78, 5) is 0. The summed E-state index contributed by atoms with van der Waals surface area (Å²) in [7, 11) is 0. The van der Waals surface area contributed by atoms with Crippen molar-refractivity contribution in [2.75, 3.05) is 26.2 Å². The highest BCUT2D eigenvalue weighted by atomic mass is 14.9. The minimum atomic E-state index is 1.12. The molecule has 0 saturated heterocycles. The van der Waals surface area contributed by atoms with Gasteiger partial charge in [0.2, 0.25) is 0 Å². The molecule has 0 unspecified atom stereocenters. The van der Waals surface area contributed by atoms with Crippen LogP contribution in [0.1, 0.15) is 78.1 Å². The van der Waals surface area contributed by atoms with Crippen LogP contribution < -0.4 is 10.6 Å². The van der Waals surface area contributed by atoms with E-state index in [1.165, 1.54) is 70.8 Å². The molecule has 0 aliphatic rings. The summed E-state index contributed by atoms with van der Waals surface area (Å²) in [6.45, 7) is 9.08. The Labute approximate surface area is 115 Å². The second kappa shape index (κ2) is 16.9. The Morgan fingerprint density at radius 2 is 0.944 bits per heavy atom. The summed E-state index contributed by atoms with van der Waals surface area (Å²) >= 11 is 0. The zero-order chi connectivity index (χ0) is 13.3. The van der Waals surface area contributed by atoms with Gasteiger partial charge in [0.1, 0.15) is 0 Å². The van der Waals surface area contributed by atoms with Crippen LogP contribution in [0.2, 0.25) is 0 Å². The maximum atomic E-state index is 3.50. The van der Waals surface area contributed by atoms with E-state index in [1.807, 2.05) is 0 Å². The first-order chi connectivity index (χ1) is 8.91. The maximum Gasteiger partial charge on any atom is 0.00767 e. The molecule has 0 spiro atoms. The van der Waals surface area contributed by atoms with Crippen LogP contribution in [0.25, 0.3) is 0 Å². The molecule has 0 aromatic heterocycles. The van der Waals surface area contributed by atoms with Crippen molar-refractivity contribution in [3.05, 3.63) is 0 Å². The number of rotatable bonds is 15. The van der Waals surface area contributed by atoms with E-state index in [0.29, 0.717) is 0 Å². The quantitative estimate of drug-likeness (QED) is 0.431. The van der Waals surface area contributed by atoms with Gasteiger partial charge in [0.15, 0.2) is 0 Å². The third-order valence-corrected chi connectivity index (χ3v) is 3.36. The van der Waals surface area contributed by atoms with Gasteiger partial charge in [0.25, 0.3) is 0 Å². The first kappa shape index (κ1) is 17.9. The predicted octanol–water partition coefficient (Wildman–Crippen LogP) is 4.11. The maximum absolute atomic E-state index is 3.50. The van der Waals surface area contributed by atoms with Gasteiger partial charge in [-0.25, -0.2) is 0 Å². The Bertz CT molecular complexity index is 121. The van der Waals surface area contributed by atoms with Crippen LogP contribution in [0.5, 0.6) is 0 Å². The molecule has 0 heterocycles. The van der Waals surface area contributed by atoms with Crippen LogP contribution >= 0.6 is 0 Å². The Morgan fingerprint density at radius 1 is 0.444 bits per heavy atom. The molecular formula is C16H36N2. The van der Waals surface area contributed by atoms with Crippen LogP contribution in [0, 0.1) is 0 Å². The summed E-state index contributed by atoms with van der Waals surface area (Å²) < 4.78 is 0. The third-order valence-electron chi connectivity index (χ3n) is 3.36. The largest absolute Gasteiger partial charge is 0.315 e. The average Bonchev–Trinajstić information content (AvgIpc) is 2.39. The van der Waals surface area contributed by atoms with E-state index in [4.69, 9.17) is 0 Å². The SMILES string of the molecule is CCCCCCCCCCCNCCNCCC. The standard InChI is InChI=1S/C16H36N2/c1-3-5-6-7-8-9-10-11-12-14-18-16-15-17-13-4-2/h17-18H,3-16H2,1-2H3. The third kappa shape index (κ3) is 15.9. The molecule has 2 N–H and O–H groups in total. The molecule has 0 radical (unpaired) electrons. The highest BCUT2D eigenvalue weighted by Gasteiger charge is 1.92. The molecule has 0 amide bonds. The smallest absolute Gasteiger partial charge is 0.00767 e. The molecule has 0 aliphatic heterocycles. The van der Waals surface area contributed by atoms with Crippen molar-refractivity contribution in [2.24, 2.45) is 0 Å². The van der Waals surface area contributed by atoms with E-state index >= 15 is 0 Å². The lowest BCUT2D eigenvalue weighted by molar-refractivity contribution is 0.542. The van der Waals surface area contributed by atoms with Gasteiger partial charge in [-0.2, -0.15) is 0 Å². The van der Waals surface area contributed by atoms with Crippen LogP contribution in [0.4, 0.5) is 0 Å². The van der Waals surface area contributed by atoms with Gasteiger partial charge >= 0.3 is 0 Å². The Kier molecular flexibility index (Phi) is 16.8. The molecule has 0 aliphatic carbocycles. The first-order valence-corrected chi connectivity index (χ1v) is 8.33. The molecule has 0 rings (SSSR count). The number of hydrogen-bond donors (Lipinski definition) is 2. The molecule has 0 atom stereocenters. The van der Waals surface area contributed by atoms with Crippen molar-refractivity contribution >= 4 is 0 Å². The van der Waals surface area contributed by atoms with Crippen LogP contribution in [-0.4, -0.2) is 26.2 Å². The van der Waals surface area contributed by atoms with Gasteiger partial charge in [-0.05, 0) is 25.9 Å². The van der Waals surface area contributed by atoms with Gasteiger partial charge in [0.05, 0.1) is 0 Å². The van der Waals surface area contributed by atoms with Gasteiger partial charge in [0, 0.05) is 13.1 Å². The van der Waals surface area contributed by atoms with Gasteiger partial charge < -0.3 is 10.6 Å². The van der Waals surface area contributed by atoms with E-state index < -0.39 is 0 Å². The predicted molar refractivity (Wildman–Crippen MR) is 83.3 cm³/mol. The lowest BCUT2D eigenvalue weighted by atomic mass is 10.1. The fraction of sp³-hybridized carbons (Fsp3) is 1.00. The molecular weight excluding hydrogens is 220 g/mol. The van der Waals surface area contributed by atoms with Crippen molar-refractivity contribution in [1.29, 1.82) is 0 Å². The topological polar surface area (TPSA) is 24.1 Å². The van der Waals surface area contributed by atoms with Gasteiger partial charge in [-0.15, -0.1) is 0 Å². The highest BCUT2D eigenvalue weighted by molar-refractivity contribution is 4.53. The fourth-order valence-corrected chi connectivity index (χ4v) is 2.16. The summed E-state index contributed by atoms with van der Waals surface area (Å²) in [5, 5.41) is 6.91. The summed E-state index contributed by atoms with van der Waals surface area (Å²) in [6.07, 6.45) is 14.0. The van der Waals surface area contributed by atoms with Crippen molar-refractivity contribution in [3.8, 4) is 0 Å². The molecule has 0 bridgehead atoms. The molecule has 0 aromatic rings. The van der Waals surface area contributed by atoms with Crippen molar-refractivity contribution in [1.82, 2.24) is 10.6 Å². The molecule has 2 heteroatoms. The molecule has 0 saturated carbocycles. The van der Waals surface area contributed by atoms with E-state index in [9.17, 15) is 0 Å². The number of nitrogens with one attached hydrogen (secondary N) is 2. The Hall–Kier alpha value is -0.0800. The molecule has 110 valence electrons. The van der Waals surface area contributed by atoms with Crippen LogP contribution in [0.3, 0.4) is 0 Å². The Balaban J connectivity index is 2.86. The van der Waals surface area contributed by atoms with Crippen LogP contribution in [0.15, 0.2) is 0 Å². The van der Waals surface area contributed by atoms with E-state index in [2.05, 4.69) is 24.5 Å². The second-order valence-electron chi connectivity index (χ2n) is 5.33. The zero-order valence-electron chi connectivity index (χ0n) is 12.9. The molecule has 0 fully saturated rings. The van der Waals surface area contributed by atoms with Crippen molar-refractivity contribution < 1.29 is 0 Å². The molecule has 2 nitrogen and oxygen atoms in total. The minimum Gasteiger partial charge on any atom is -0.315 e. The summed E-state index contributed by atoms with van der Waals surface area (Å²) in [5.74, 6) is 0. The summed E-state index contributed by atoms with van der Waals surface area (Å²) in [5.41, 5.74) is 0. The Morgan fingerprint density at radius 3 is 1.50 bits per heavy atom. The fourth-order valence-electron chi connectivity index (χ4n) is 2.16. The molecule has 18 heavy (non-hydrogen) atoms. The normalized spacial score (nSPS) is 11.0. The summed E-state index contributed by atoms with van der Waals surface area (Å²) in [6, 6.07) is 0. The monoisotopic (exact) mass is 256 g/mol. The first-order valence-electron chi connectivity index (χ1n) is 8.33. The zero-order valence-corrected chi connectivity index (χ0v) is 12.9. The number of hydrogen-bond acceptors (Lipinski definition) is 2. The van der Waals surface area contributed by atoms with Crippen molar-refractivity contribution in [2.45, 2.75) is 78.1 Å². The minimum absolute atomic E-state index is 1.12. The van der Waals surface area contributed by atoms with Gasteiger partial charge in [-0.1, -0.05) is 65.2 Å². The van der Waals surface area contributed by atoms with Gasteiger partial charge in [-0.3, -0.25) is 0 Å². The van der Waals surface area contributed by atoms with Crippen LogP contribution in [-0.2, 0) is 0 Å². The highest BCUT2D eigenvalue weighted by Crippen LogP contribution is 2.08. The molecule has 0 aromatic carbocycles. The van der Waals surface area contributed by atoms with Crippen molar-refractivity contribution in [3.63, 3.8) is 0 Å². The lowest BCUT2D eigenvalue weighted by Gasteiger charge is -2.05. The lowest BCUT2D eigenvalue weighted by Crippen LogP contribution is -2.28.